The molecule has 3 heterocycles. The summed E-state index contributed by atoms with van der Waals surface area (Å²) in [6.07, 6.45) is 4.41. The van der Waals surface area contributed by atoms with Crippen molar-refractivity contribution in [1.82, 2.24) is 19.6 Å². The number of rotatable bonds is 3. The molecule has 1 N–H and O–H groups in total. The van der Waals surface area contributed by atoms with E-state index in [1.807, 2.05) is 10.8 Å². The fourth-order valence-corrected chi connectivity index (χ4v) is 2.86. The van der Waals surface area contributed by atoms with Crippen molar-refractivity contribution in [3.8, 4) is 11.9 Å². The van der Waals surface area contributed by atoms with Crippen LogP contribution in [0, 0.1) is 17.2 Å². The maximum atomic E-state index is 12.0. The van der Waals surface area contributed by atoms with Gasteiger partial charge in [-0.15, -0.1) is 0 Å². The highest BCUT2D eigenvalue weighted by molar-refractivity contribution is 6.33. The Morgan fingerprint density at radius 1 is 1.48 bits per heavy atom. The first kappa shape index (κ1) is 15.6. The Balaban J connectivity index is 2.07. The second-order valence-corrected chi connectivity index (χ2v) is 6.22. The summed E-state index contributed by atoms with van der Waals surface area (Å²) in [7, 11) is 0. The molecule has 0 spiro atoms. The predicted octanol–water partition coefficient (Wildman–Crippen LogP) is 2.52. The third-order valence-electron chi connectivity index (χ3n) is 3.87. The van der Waals surface area contributed by atoms with Gasteiger partial charge in [-0.3, -0.25) is 9.48 Å². The highest BCUT2D eigenvalue weighted by Gasteiger charge is 2.24. The second-order valence-electron chi connectivity index (χ2n) is 5.84. The van der Waals surface area contributed by atoms with Gasteiger partial charge in [0.25, 0.3) is 0 Å². The number of aromatic nitrogens is 4. The molecule has 1 aliphatic rings. The SMILES string of the molecule is CC(C)C(=O)Nc1c(C#N)cnn1-c1nn2c(c1Cl)CCCC2. The van der Waals surface area contributed by atoms with E-state index in [1.165, 1.54) is 10.9 Å². The zero-order valence-corrected chi connectivity index (χ0v) is 13.8. The van der Waals surface area contributed by atoms with E-state index in [0.717, 1.165) is 31.5 Å². The minimum Gasteiger partial charge on any atom is -0.309 e. The van der Waals surface area contributed by atoms with Gasteiger partial charge in [0.05, 0.1) is 11.9 Å². The molecule has 7 nitrogen and oxygen atoms in total. The van der Waals surface area contributed by atoms with Gasteiger partial charge in [0.2, 0.25) is 5.91 Å². The van der Waals surface area contributed by atoms with Crippen molar-refractivity contribution in [2.45, 2.75) is 39.7 Å². The molecule has 0 atom stereocenters. The summed E-state index contributed by atoms with van der Waals surface area (Å²) < 4.78 is 3.31. The molecule has 2 aromatic heterocycles. The van der Waals surface area contributed by atoms with Gasteiger partial charge in [-0.2, -0.15) is 20.1 Å². The number of hydrogen-bond acceptors (Lipinski definition) is 4. The van der Waals surface area contributed by atoms with E-state index in [0.29, 0.717) is 16.7 Å². The monoisotopic (exact) mass is 332 g/mol. The van der Waals surface area contributed by atoms with Crippen molar-refractivity contribution >= 4 is 23.3 Å². The summed E-state index contributed by atoms with van der Waals surface area (Å²) in [6, 6.07) is 2.04. The van der Waals surface area contributed by atoms with Gasteiger partial charge >= 0.3 is 0 Å². The summed E-state index contributed by atoms with van der Waals surface area (Å²) in [5.41, 5.74) is 1.25. The number of nitriles is 1. The molecule has 0 saturated heterocycles. The molecule has 1 aliphatic heterocycles. The van der Waals surface area contributed by atoms with Crippen LogP contribution in [0.25, 0.3) is 5.82 Å². The maximum absolute atomic E-state index is 12.0. The summed E-state index contributed by atoms with van der Waals surface area (Å²) in [4.78, 5) is 12.0. The van der Waals surface area contributed by atoms with Crippen LogP contribution in [0.2, 0.25) is 5.02 Å². The van der Waals surface area contributed by atoms with Crippen LogP contribution in [0.3, 0.4) is 0 Å². The number of nitrogens with one attached hydrogen (secondary N) is 1. The summed E-state index contributed by atoms with van der Waals surface area (Å²) in [6.45, 7) is 4.38. The Morgan fingerprint density at radius 3 is 2.91 bits per heavy atom. The largest absolute Gasteiger partial charge is 0.309 e. The first-order valence-corrected chi connectivity index (χ1v) is 7.95. The molecule has 0 saturated carbocycles. The average molecular weight is 333 g/mol. The molecule has 3 rings (SSSR count). The number of fused-ring (bicyclic) bond motifs is 1. The number of halogens is 1. The van der Waals surface area contributed by atoms with E-state index < -0.39 is 0 Å². The number of anilines is 1. The van der Waals surface area contributed by atoms with E-state index in [4.69, 9.17) is 11.6 Å². The van der Waals surface area contributed by atoms with Gasteiger partial charge in [0, 0.05) is 12.5 Å². The van der Waals surface area contributed by atoms with Crippen LogP contribution in [0.5, 0.6) is 0 Å². The average Bonchev–Trinajstić information content (AvgIpc) is 3.08. The lowest BCUT2D eigenvalue weighted by molar-refractivity contribution is -0.118. The first-order valence-electron chi connectivity index (χ1n) is 7.57. The van der Waals surface area contributed by atoms with Crippen LogP contribution < -0.4 is 5.32 Å². The van der Waals surface area contributed by atoms with Crippen molar-refractivity contribution in [2.24, 2.45) is 5.92 Å². The lowest BCUT2D eigenvalue weighted by Crippen LogP contribution is -2.20. The Morgan fingerprint density at radius 2 is 2.26 bits per heavy atom. The Bertz CT molecular complexity index is 798. The van der Waals surface area contributed by atoms with Gasteiger partial charge in [-0.05, 0) is 19.3 Å². The summed E-state index contributed by atoms with van der Waals surface area (Å²) in [5.74, 6) is 0.353. The molecule has 0 aliphatic carbocycles. The molecule has 23 heavy (non-hydrogen) atoms. The number of amides is 1. The quantitative estimate of drug-likeness (QED) is 0.935. The molecule has 1 amide bonds. The van der Waals surface area contributed by atoms with Crippen LogP contribution in [-0.2, 0) is 17.8 Å². The molecule has 8 heteroatoms. The Hall–Kier alpha value is -2.33. The van der Waals surface area contributed by atoms with Crippen LogP contribution >= 0.6 is 11.6 Å². The third-order valence-corrected chi connectivity index (χ3v) is 4.25. The lowest BCUT2D eigenvalue weighted by Gasteiger charge is -2.12. The zero-order valence-electron chi connectivity index (χ0n) is 13.0. The highest BCUT2D eigenvalue weighted by atomic mass is 35.5. The fraction of sp³-hybridized carbons (Fsp3) is 0.467. The van der Waals surface area contributed by atoms with Gasteiger partial charge < -0.3 is 5.32 Å². The standard InChI is InChI=1S/C15H17ClN6O/c1-9(2)15(23)19-13-10(7-17)8-18-22(13)14-12(16)11-5-3-4-6-21(11)20-14/h8-9H,3-6H2,1-2H3,(H,19,23). The summed E-state index contributed by atoms with van der Waals surface area (Å²) in [5, 5.41) is 21.2. The molecular weight excluding hydrogens is 316 g/mol. The third kappa shape index (κ3) is 2.70. The molecule has 0 fully saturated rings. The van der Waals surface area contributed by atoms with Gasteiger partial charge in [-0.25, -0.2) is 0 Å². The van der Waals surface area contributed by atoms with Crippen LogP contribution in [-0.4, -0.2) is 25.5 Å². The Labute approximate surface area is 138 Å². The van der Waals surface area contributed by atoms with Crippen LogP contribution in [0.15, 0.2) is 6.20 Å². The Kier molecular flexibility index (Phi) is 4.09. The van der Waals surface area contributed by atoms with Crippen LogP contribution in [0.1, 0.15) is 37.9 Å². The molecule has 0 bridgehead atoms. The smallest absolute Gasteiger partial charge is 0.228 e. The maximum Gasteiger partial charge on any atom is 0.228 e. The number of carbonyl (C=O) groups excluding carboxylic acids is 1. The normalized spacial score (nSPS) is 13.7. The number of carbonyl (C=O) groups is 1. The molecule has 0 unspecified atom stereocenters. The zero-order chi connectivity index (χ0) is 16.6. The van der Waals surface area contributed by atoms with Crippen molar-refractivity contribution in [3.63, 3.8) is 0 Å². The van der Waals surface area contributed by atoms with Gasteiger partial charge in [0.15, 0.2) is 11.6 Å². The van der Waals surface area contributed by atoms with E-state index in [-0.39, 0.29) is 17.4 Å². The van der Waals surface area contributed by atoms with Crippen molar-refractivity contribution in [3.05, 3.63) is 22.5 Å². The fourth-order valence-electron chi connectivity index (χ4n) is 2.55. The molecular formula is C15H17ClN6O. The lowest BCUT2D eigenvalue weighted by atomic mass is 10.1. The van der Waals surface area contributed by atoms with Gasteiger partial charge in [0.1, 0.15) is 16.7 Å². The minimum atomic E-state index is -0.212. The number of nitrogens with zero attached hydrogens (tertiary/aromatic N) is 5. The van der Waals surface area contributed by atoms with E-state index in [2.05, 4.69) is 15.5 Å². The van der Waals surface area contributed by atoms with Crippen molar-refractivity contribution < 1.29 is 4.79 Å². The van der Waals surface area contributed by atoms with Crippen molar-refractivity contribution in [2.75, 3.05) is 5.32 Å². The molecule has 0 radical (unpaired) electrons. The first-order chi connectivity index (χ1) is 11.0. The van der Waals surface area contributed by atoms with E-state index in [9.17, 15) is 10.1 Å². The molecule has 2 aromatic rings. The summed E-state index contributed by atoms with van der Waals surface area (Å²) >= 11 is 6.46. The van der Waals surface area contributed by atoms with Gasteiger partial charge in [-0.1, -0.05) is 25.4 Å². The molecule has 120 valence electrons. The topological polar surface area (TPSA) is 88.5 Å². The van der Waals surface area contributed by atoms with Crippen molar-refractivity contribution in [1.29, 1.82) is 5.26 Å². The van der Waals surface area contributed by atoms with E-state index >= 15 is 0 Å². The number of hydrogen-bond donors (Lipinski definition) is 1. The predicted molar refractivity (Wildman–Crippen MR) is 85.5 cm³/mol. The molecule has 0 aromatic carbocycles. The van der Waals surface area contributed by atoms with E-state index in [1.54, 1.807) is 13.8 Å². The van der Waals surface area contributed by atoms with Crippen LogP contribution in [0.4, 0.5) is 5.82 Å². The highest BCUT2D eigenvalue weighted by Crippen LogP contribution is 2.31. The number of aryl methyl sites for hydroxylation is 1. The minimum absolute atomic E-state index is 0.191. The second kappa shape index (κ2) is 6.05.